The van der Waals surface area contributed by atoms with Crippen molar-refractivity contribution in [3.05, 3.63) is 18.0 Å². The average molecular weight is 282 g/mol. The van der Waals surface area contributed by atoms with Gasteiger partial charge in [0.15, 0.2) is 0 Å². The number of hydrogen-bond acceptors (Lipinski definition) is 4. The fraction of sp³-hybridized carbons (Fsp3) is 0.800. The lowest BCUT2D eigenvalue weighted by Gasteiger charge is -2.11. The molecule has 114 valence electrons. The van der Waals surface area contributed by atoms with Crippen LogP contribution in [0.3, 0.4) is 0 Å². The van der Waals surface area contributed by atoms with Crippen LogP contribution in [-0.2, 0) is 15.9 Å². The third-order valence-corrected chi connectivity index (χ3v) is 3.83. The molecule has 1 aliphatic rings. The number of ether oxygens (including phenoxy) is 2. The van der Waals surface area contributed by atoms with Crippen molar-refractivity contribution in [2.45, 2.75) is 50.7 Å². The maximum atomic E-state index is 9.97. The van der Waals surface area contributed by atoms with Gasteiger partial charge in [-0.1, -0.05) is 12.8 Å². The van der Waals surface area contributed by atoms with E-state index in [4.69, 9.17) is 9.47 Å². The Kier molecular flexibility index (Phi) is 6.50. The van der Waals surface area contributed by atoms with Crippen LogP contribution in [0, 0.1) is 0 Å². The van der Waals surface area contributed by atoms with E-state index in [1.54, 1.807) is 7.11 Å². The van der Waals surface area contributed by atoms with E-state index in [2.05, 4.69) is 9.78 Å². The lowest BCUT2D eigenvalue weighted by atomic mass is 10.1. The van der Waals surface area contributed by atoms with Crippen molar-refractivity contribution in [3.8, 4) is 0 Å². The van der Waals surface area contributed by atoms with Gasteiger partial charge in [-0.2, -0.15) is 5.10 Å². The first-order valence-corrected chi connectivity index (χ1v) is 7.58. The maximum Gasteiger partial charge on any atom is 0.0700 e. The Hall–Kier alpha value is -0.910. The van der Waals surface area contributed by atoms with E-state index in [-0.39, 0.29) is 6.10 Å². The Morgan fingerprint density at radius 2 is 2.15 bits per heavy atom. The van der Waals surface area contributed by atoms with Crippen molar-refractivity contribution in [2.75, 3.05) is 26.9 Å². The van der Waals surface area contributed by atoms with Crippen molar-refractivity contribution in [1.29, 1.82) is 0 Å². The molecule has 1 unspecified atom stereocenters. The molecule has 1 N–H and O–H groups in total. The topological polar surface area (TPSA) is 56.5 Å². The summed E-state index contributed by atoms with van der Waals surface area (Å²) in [4.78, 5) is 0. The molecule has 0 amide bonds. The van der Waals surface area contributed by atoms with Gasteiger partial charge in [-0.3, -0.25) is 4.68 Å². The lowest BCUT2D eigenvalue weighted by Crippen LogP contribution is -2.15. The number of aliphatic hydroxyl groups excluding tert-OH is 1. The molecular weight excluding hydrogens is 256 g/mol. The molecule has 1 aromatic heterocycles. The molecule has 1 saturated carbocycles. The highest BCUT2D eigenvalue weighted by atomic mass is 16.5. The number of aliphatic hydroxyl groups is 1. The second-order valence-electron chi connectivity index (χ2n) is 5.48. The lowest BCUT2D eigenvalue weighted by molar-refractivity contribution is 0.0477. The SMILES string of the molecule is COCCOCCC(O)Cc1ccn(C2CCCC2)n1. The molecule has 5 nitrogen and oxygen atoms in total. The summed E-state index contributed by atoms with van der Waals surface area (Å²) < 4.78 is 12.3. The predicted octanol–water partition coefficient (Wildman–Crippen LogP) is 1.95. The van der Waals surface area contributed by atoms with E-state index in [9.17, 15) is 5.11 Å². The van der Waals surface area contributed by atoms with Gasteiger partial charge in [0.25, 0.3) is 0 Å². The molecule has 0 saturated heterocycles. The number of rotatable bonds is 9. The molecular formula is C15H26N2O3. The summed E-state index contributed by atoms with van der Waals surface area (Å²) in [6, 6.07) is 2.59. The number of aromatic nitrogens is 2. The Balaban J connectivity index is 1.67. The summed E-state index contributed by atoms with van der Waals surface area (Å²) in [6.07, 6.45) is 7.99. The summed E-state index contributed by atoms with van der Waals surface area (Å²) in [5.41, 5.74) is 0.973. The van der Waals surface area contributed by atoms with Crippen molar-refractivity contribution >= 4 is 0 Å². The fourth-order valence-corrected chi connectivity index (χ4v) is 2.67. The van der Waals surface area contributed by atoms with Gasteiger partial charge in [-0.05, 0) is 25.3 Å². The predicted molar refractivity (Wildman–Crippen MR) is 76.8 cm³/mol. The highest BCUT2D eigenvalue weighted by molar-refractivity contribution is 5.01. The summed E-state index contributed by atoms with van der Waals surface area (Å²) >= 11 is 0. The van der Waals surface area contributed by atoms with Gasteiger partial charge in [-0.25, -0.2) is 0 Å². The molecule has 0 bridgehead atoms. The van der Waals surface area contributed by atoms with Crippen LogP contribution in [-0.4, -0.2) is 47.9 Å². The van der Waals surface area contributed by atoms with E-state index in [1.807, 2.05) is 12.3 Å². The summed E-state index contributed by atoms with van der Waals surface area (Å²) in [7, 11) is 1.65. The molecule has 2 rings (SSSR count). The minimum absolute atomic E-state index is 0.385. The zero-order valence-corrected chi connectivity index (χ0v) is 12.3. The van der Waals surface area contributed by atoms with Crippen LogP contribution < -0.4 is 0 Å². The Morgan fingerprint density at radius 3 is 2.90 bits per heavy atom. The zero-order chi connectivity index (χ0) is 14.2. The van der Waals surface area contributed by atoms with Gasteiger partial charge in [0.2, 0.25) is 0 Å². The zero-order valence-electron chi connectivity index (χ0n) is 12.3. The molecule has 0 aromatic carbocycles. The van der Waals surface area contributed by atoms with Crippen LogP contribution in [0.1, 0.15) is 43.8 Å². The molecule has 0 radical (unpaired) electrons. The molecule has 1 fully saturated rings. The molecule has 1 aromatic rings. The van der Waals surface area contributed by atoms with E-state index in [1.165, 1.54) is 25.7 Å². The Labute approximate surface area is 120 Å². The smallest absolute Gasteiger partial charge is 0.0700 e. The number of nitrogens with zero attached hydrogens (tertiary/aromatic N) is 2. The minimum Gasteiger partial charge on any atom is -0.393 e. The quantitative estimate of drug-likeness (QED) is 0.703. The first-order valence-electron chi connectivity index (χ1n) is 7.58. The Morgan fingerprint density at radius 1 is 1.35 bits per heavy atom. The van der Waals surface area contributed by atoms with Crippen LogP contribution in [0.25, 0.3) is 0 Å². The van der Waals surface area contributed by atoms with Crippen LogP contribution >= 0.6 is 0 Å². The first kappa shape index (κ1) is 15.5. The minimum atomic E-state index is -0.385. The van der Waals surface area contributed by atoms with Crippen LogP contribution in [0.5, 0.6) is 0 Å². The largest absolute Gasteiger partial charge is 0.393 e. The van der Waals surface area contributed by atoms with Crippen molar-refractivity contribution in [2.24, 2.45) is 0 Å². The van der Waals surface area contributed by atoms with Crippen molar-refractivity contribution < 1.29 is 14.6 Å². The summed E-state index contributed by atoms with van der Waals surface area (Å²) in [5.74, 6) is 0. The third-order valence-electron chi connectivity index (χ3n) is 3.83. The molecule has 20 heavy (non-hydrogen) atoms. The van der Waals surface area contributed by atoms with Gasteiger partial charge < -0.3 is 14.6 Å². The van der Waals surface area contributed by atoms with E-state index in [0.717, 1.165) is 5.69 Å². The van der Waals surface area contributed by atoms with Gasteiger partial charge in [-0.15, -0.1) is 0 Å². The van der Waals surface area contributed by atoms with E-state index < -0.39 is 0 Å². The second kappa shape index (κ2) is 8.39. The van der Waals surface area contributed by atoms with Gasteiger partial charge in [0.05, 0.1) is 31.1 Å². The van der Waals surface area contributed by atoms with Gasteiger partial charge in [0.1, 0.15) is 0 Å². The normalized spacial score (nSPS) is 17.7. The molecule has 1 aliphatic carbocycles. The molecule has 0 spiro atoms. The fourth-order valence-electron chi connectivity index (χ4n) is 2.67. The van der Waals surface area contributed by atoms with Crippen molar-refractivity contribution in [1.82, 2.24) is 9.78 Å². The first-order chi connectivity index (χ1) is 9.79. The van der Waals surface area contributed by atoms with Crippen LogP contribution in [0.4, 0.5) is 0 Å². The van der Waals surface area contributed by atoms with Crippen LogP contribution in [0.2, 0.25) is 0 Å². The van der Waals surface area contributed by atoms with Gasteiger partial charge >= 0.3 is 0 Å². The van der Waals surface area contributed by atoms with Crippen molar-refractivity contribution in [3.63, 3.8) is 0 Å². The standard InChI is InChI=1S/C15H26N2O3/c1-19-10-11-20-9-7-15(18)12-13-6-8-17(16-13)14-4-2-3-5-14/h6,8,14-15,18H,2-5,7,9-12H2,1H3. The number of methoxy groups -OCH3 is 1. The van der Waals surface area contributed by atoms with E-state index in [0.29, 0.717) is 38.7 Å². The second-order valence-corrected chi connectivity index (χ2v) is 5.48. The molecule has 5 heteroatoms. The Bertz CT molecular complexity index is 375. The third kappa shape index (κ3) is 4.89. The molecule has 0 aliphatic heterocycles. The monoisotopic (exact) mass is 282 g/mol. The molecule has 1 atom stereocenters. The summed E-state index contributed by atoms with van der Waals surface area (Å²) in [5, 5.41) is 14.6. The highest BCUT2D eigenvalue weighted by Crippen LogP contribution is 2.28. The van der Waals surface area contributed by atoms with E-state index >= 15 is 0 Å². The average Bonchev–Trinajstić information content (AvgIpc) is 3.08. The summed E-state index contributed by atoms with van der Waals surface area (Å²) in [6.45, 7) is 1.75. The van der Waals surface area contributed by atoms with Crippen LogP contribution in [0.15, 0.2) is 12.3 Å². The van der Waals surface area contributed by atoms with Gasteiger partial charge in [0, 0.05) is 26.3 Å². The molecule has 1 heterocycles. The maximum absolute atomic E-state index is 9.97. The number of hydrogen-bond donors (Lipinski definition) is 1. The highest BCUT2D eigenvalue weighted by Gasteiger charge is 2.18.